The first-order chi connectivity index (χ1) is 12.5. The molecule has 1 saturated heterocycles. The fourth-order valence-corrected chi connectivity index (χ4v) is 5.19. The molecule has 0 aliphatic carbocycles. The van der Waals surface area contributed by atoms with Crippen LogP contribution in [-0.4, -0.2) is 31.2 Å². The first kappa shape index (κ1) is 17.1. The van der Waals surface area contributed by atoms with E-state index in [1.807, 2.05) is 13.0 Å². The quantitative estimate of drug-likeness (QED) is 0.874. The molecule has 2 aliphatic rings. The number of nitrogens with zero attached hydrogens (tertiary/aromatic N) is 1. The van der Waals surface area contributed by atoms with E-state index in [4.69, 9.17) is 4.74 Å². The molecular formula is C19H20N2O4S. The number of ether oxygens (including phenoxy) is 1. The van der Waals surface area contributed by atoms with Crippen LogP contribution in [0.3, 0.4) is 0 Å². The SMILES string of the molecule is CC1CCCCN1S(=O)(=O)c1ccc2c(c1)C(=O)Nc1ccccc1O2. The fourth-order valence-electron chi connectivity index (χ4n) is 3.47. The molecule has 1 N–H and O–H groups in total. The lowest BCUT2D eigenvalue weighted by atomic mass is 10.1. The van der Waals surface area contributed by atoms with Crippen molar-refractivity contribution in [2.24, 2.45) is 0 Å². The number of sulfonamides is 1. The number of carbonyl (C=O) groups excluding carboxylic acids is 1. The summed E-state index contributed by atoms with van der Waals surface area (Å²) in [6.07, 6.45) is 2.74. The molecular weight excluding hydrogens is 352 g/mol. The predicted octanol–water partition coefficient (Wildman–Crippen LogP) is 3.61. The zero-order valence-corrected chi connectivity index (χ0v) is 15.3. The van der Waals surface area contributed by atoms with E-state index in [1.54, 1.807) is 24.3 Å². The molecule has 0 radical (unpaired) electrons. The van der Waals surface area contributed by atoms with E-state index in [9.17, 15) is 13.2 Å². The third-order valence-electron chi connectivity index (χ3n) is 4.90. The van der Waals surface area contributed by atoms with Crippen molar-refractivity contribution in [3.63, 3.8) is 0 Å². The molecule has 7 heteroatoms. The Morgan fingerprint density at radius 1 is 1.12 bits per heavy atom. The molecule has 0 saturated carbocycles. The molecule has 2 aliphatic heterocycles. The number of anilines is 1. The van der Waals surface area contributed by atoms with Gasteiger partial charge in [0.25, 0.3) is 5.91 Å². The van der Waals surface area contributed by atoms with E-state index in [2.05, 4.69) is 5.32 Å². The van der Waals surface area contributed by atoms with Crippen LogP contribution in [0.25, 0.3) is 0 Å². The maximum absolute atomic E-state index is 13.0. The van der Waals surface area contributed by atoms with Gasteiger partial charge in [0.05, 0.1) is 16.1 Å². The average molecular weight is 372 g/mol. The van der Waals surface area contributed by atoms with Crippen molar-refractivity contribution in [3.05, 3.63) is 48.0 Å². The Kier molecular flexibility index (Phi) is 4.20. The van der Waals surface area contributed by atoms with E-state index in [-0.39, 0.29) is 22.4 Å². The molecule has 136 valence electrons. The minimum Gasteiger partial charge on any atom is -0.454 e. The normalized spacial score (nSPS) is 20.3. The molecule has 0 spiro atoms. The molecule has 1 atom stereocenters. The van der Waals surface area contributed by atoms with Gasteiger partial charge in [-0.3, -0.25) is 4.79 Å². The topological polar surface area (TPSA) is 75.7 Å². The molecule has 0 bridgehead atoms. The lowest BCUT2D eigenvalue weighted by Gasteiger charge is -2.32. The summed E-state index contributed by atoms with van der Waals surface area (Å²) in [5.74, 6) is 0.492. The van der Waals surface area contributed by atoms with Crippen molar-refractivity contribution in [3.8, 4) is 11.5 Å². The summed E-state index contributed by atoms with van der Waals surface area (Å²) in [4.78, 5) is 12.7. The largest absolute Gasteiger partial charge is 0.454 e. The fraction of sp³-hybridized carbons (Fsp3) is 0.316. The highest BCUT2D eigenvalue weighted by Crippen LogP contribution is 2.37. The Morgan fingerprint density at radius 2 is 1.92 bits per heavy atom. The molecule has 0 aromatic heterocycles. The van der Waals surface area contributed by atoms with E-state index >= 15 is 0 Å². The number of piperidine rings is 1. The molecule has 1 fully saturated rings. The van der Waals surface area contributed by atoms with E-state index in [0.717, 1.165) is 19.3 Å². The van der Waals surface area contributed by atoms with Crippen LogP contribution in [0.5, 0.6) is 11.5 Å². The second kappa shape index (κ2) is 6.41. The van der Waals surface area contributed by atoms with Gasteiger partial charge < -0.3 is 10.1 Å². The molecule has 2 aromatic rings. The number of fused-ring (bicyclic) bond motifs is 2. The Hall–Kier alpha value is -2.38. The molecule has 2 aromatic carbocycles. The van der Waals surface area contributed by atoms with Crippen LogP contribution in [-0.2, 0) is 10.0 Å². The van der Waals surface area contributed by atoms with Gasteiger partial charge in [0, 0.05) is 12.6 Å². The molecule has 6 nitrogen and oxygen atoms in total. The van der Waals surface area contributed by atoms with Crippen LogP contribution in [0.2, 0.25) is 0 Å². The van der Waals surface area contributed by atoms with Gasteiger partial charge in [-0.25, -0.2) is 8.42 Å². The average Bonchev–Trinajstić information content (AvgIpc) is 2.77. The highest BCUT2D eigenvalue weighted by molar-refractivity contribution is 7.89. The monoisotopic (exact) mass is 372 g/mol. The summed E-state index contributed by atoms with van der Waals surface area (Å²) in [6.45, 7) is 2.43. The van der Waals surface area contributed by atoms with Gasteiger partial charge in [-0.1, -0.05) is 18.6 Å². The van der Waals surface area contributed by atoms with Crippen molar-refractivity contribution in [1.82, 2.24) is 4.31 Å². The van der Waals surface area contributed by atoms with Crippen molar-refractivity contribution in [2.45, 2.75) is 37.1 Å². The minimum absolute atomic E-state index is 0.0399. The van der Waals surface area contributed by atoms with Crippen LogP contribution in [0, 0.1) is 0 Å². The predicted molar refractivity (Wildman–Crippen MR) is 98.1 cm³/mol. The number of benzene rings is 2. The molecule has 2 heterocycles. The smallest absolute Gasteiger partial charge is 0.259 e. The molecule has 1 unspecified atom stereocenters. The maximum atomic E-state index is 13.0. The Balaban J connectivity index is 1.74. The van der Waals surface area contributed by atoms with Gasteiger partial charge in [0.1, 0.15) is 5.75 Å². The van der Waals surface area contributed by atoms with Crippen LogP contribution < -0.4 is 10.1 Å². The standard InChI is InChI=1S/C19H20N2O4S/c1-13-6-4-5-11-21(13)26(23,24)14-9-10-17-15(12-14)19(22)20-16-7-2-3-8-18(16)25-17/h2-3,7-10,12-13H,4-6,11H2,1H3,(H,20,22). The second-order valence-corrected chi connectivity index (χ2v) is 8.56. The summed E-state index contributed by atoms with van der Waals surface area (Å²) < 4.78 is 33.4. The lowest BCUT2D eigenvalue weighted by molar-refractivity contribution is 0.102. The maximum Gasteiger partial charge on any atom is 0.259 e. The Morgan fingerprint density at radius 3 is 2.73 bits per heavy atom. The second-order valence-electron chi connectivity index (χ2n) is 6.67. The lowest BCUT2D eigenvalue weighted by Crippen LogP contribution is -2.41. The first-order valence-electron chi connectivity index (χ1n) is 8.71. The molecule has 1 amide bonds. The van der Waals surface area contributed by atoms with Gasteiger partial charge in [0.2, 0.25) is 10.0 Å². The highest BCUT2D eigenvalue weighted by Gasteiger charge is 2.32. The van der Waals surface area contributed by atoms with Crippen LogP contribution >= 0.6 is 0 Å². The number of rotatable bonds is 2. The number of nitrogens with one attached hydrogen (secondary N) is 1. The summed E-state index contributed by atoms with van der Waals surface area (Å²) in [5.41, 5.74) is 0.773. The summed E-state index contributed by atoms with van der Waals surface area (Å²) >= 11 is 0. The van der Waals surface area contributed by atoms with Gasteiger partial charge in [0.15, 0.2) is 5.75 Å². The summed E-state index contributed by atoms with van der Waals surface area (Å²) in [7, 11) is -3.65. The van der Waals surface area contributed by atoms with E-state index < -0.39 is 10.0 Å². The number of carbonyl (C=O) groups is 1. The van der Waals surface area contributed by atoms with Crippen LogP contribution in [0.4, 0.5) is 5.69 Å². The summed E-state index contributed by atoms with van der Waals surface area (Å²) in [5, 5.41) is 2.77. The van der Waals surface area contributed by atoms with Crippen molar-refractivity contribution < 1.29 is 17.9 Å². The molecule has 26 heavy (non-hydrogen) atoms. The highest BCUT2D eigenvalue weighted by atomic mass is 32.2. The van der Waals surface area contributed by atoms with E-state index in [0.29, 0.717) is 23.7 Å². The number of hydrogen-bond donors (Lipinski definition) is 1. The first-order valence-corrected chi connectivity index (χ1v) is 10.1. The molecule has 4 rings (SSSR count). The summed E-state index contributed by atoms with van der Waals surface area (Å²) in [6, 6.07) is 11.5. The third kappa shape index (κ3) is 2.87. The van der Waals surface area contributed by atoms with Crippen molar-refractivity contribution in [1.29, 1.82) is 0 Å². The number of amides is 1. The van der Waals surface area contributed by atoms with Crippen LogP contribution in [0.1, 0.15) is 36.5 Å². The van der Waals surface area contributed by atoms with Gasteiger partial charge in [-0.2, -0.15) is 4.31 Å². The van der Waals surface area contributed by atoms with E-state index in [1.165, 1.54) is 16.4 Å². The Bertz CT molecular complexity index is 971. The van der Waals surface area contributed by atoms with Crippen LogP contribution in [0.15, 0.2) is 47.4 Å². The number of para-hydroxylation sites is 2. The zero-order chi connectivity index (χ0) is 18.3. The van der Waals surface area contributed by atoms with Crippen molar-refractivity contribution >= 4 is 21.6 Å². The minimum atomic E-state index is -3.65. The Labute approximate surface area is 152 Å². The van der Waals surface area contributed by atoms with Gasteiger partial charge in [-0.15, -0.1) is 0 Å². The van der Waals surface area contributed by atoms with Gasteiger partial charge in [-0.05, 0) is 50.1 Å². The number of hydrogen-bond acceptors (Lipinski definition) is 4. The third-order valence-corrected chi connectivity index (χ3v) is 6.91. The zero-order valence-electron chi connectivity index (χ0n) is 14.4. The van der Waals surface area contributed by atoms with Gasteiger partial charge >= 0.3 is 0 Å². The van der Waals surface area contributed by atoms with Crippen molar-refractivity contribution in [2.75, 3.05) is 11.9 Å².